The summed E-state index contributed by atoms with van der Waals surface area (Å²) in [5.41, 5.74) is 0.540. The van der Waals surface area contributed by atoms with Gasteiger partial charge < -0.3 is 10.6 Å². The summed E-state index contributed by atoms with van der Waals surface area (Å²) in [5, 5.41) is 5.92. The SMILES string of the molecule is CC(C)(C)CC(C)(C)NCC(=O)Nc1cccc(F)c1. The number of hydrogen-bond acceptors (Lipinski definition) is 2. The Kier molecular flexibility index (Phi) is 5.28. The third-order valence-corrected chi connectivity index (χ3v) is 2.81. The van der Waals surface area contributed by atoms with Crippen LogP contribution in [0.1, 0.15) is 41.0 Å². The van der Waals surface area contributed by atoms with Crippen LogP contribution in [0, 0.1) is 11.2 Å². The van der Waals surface area contributed by atoms with Crippen molar-refractivity contribution in [2.45, 2.75) is 46.6 Å². The Morgan fingerprint density at radius 3 is 2.40 bits per heavy atom. The monoisotopic (exact) mass is 280 g/mol. The van der Waals surface area contributed by atoms with E-state index in [0.29, 0.717) is 5.69 Å². The second kappa shape index (κ2) is 6.35. The normalized spacial score (nSPS) is 12.3. The number of carbonyl (C=O) groups is 1. The molecule has 0 unspecified atom stereocenters. The molecular formula is C16H25FN2O. The van der Waals surface area contributed by atoms with E-state index in [1.165, 1.54) is 12.1 Å². The summed E-state index contributed by atoms with van der Waals surface area (Å²) >= 11 is 0. The first-order chi connectivity index (χ1) is 9.07. The summed E-state index contributed by atoms with van der Waals surface area (Å²) < 4.78 is 13.0. The average molecular weight is 280 g/mol. The Morgan fingerprint density at radius 2 is 1.85 bits per heavy atom. The number of hydrogen-bond donors (Lipinski definition) is 2. The Bertz CT molecular complexity index is 464. The van der Waals surface area contributed by atoms with Gasteiger partial charge in [0.2, 0.25) is 5.91 Å². The Morgan fingerprint density at radius 1 is 1.20 bits per heavy atom. The molecule has 0 aromatic heterocycles. The molecule has 20 heavy (non-hydrogen) atoms. The maximum Gasteiger partial charge on any atom is 0.238 e. The van der Waals surface area contributed by atoms with Crippen LogP contribution in [-0.4, -0.2) is 18.0 Å². The number of anilines is 1. The van der Waals surface area contributed by atoms with Crippen molar-refractivity contribution in [2.24, 2.45) is 5.41 Å². The summed E-state index contributed by atoms with van der Waals surface area (Å²) in [5.74, 6) is -0.526. The van der Waals surface area contributed by atoms with Crippen molar-refractivity contribution in [1.29, 1.82) is 0 Å². The van der Waals surface area contributed by atoms with Gasteiger partial charge in [0.15, 0.2) is 0 Å². The fourth-order valence-electron chi connectivity index (χ4n) is 2.48. The van der Waals surface area contributed by atoms with E-state index < -0.39 is 0 Å². The third-order valence-electron chi connectivity index (χ3n) is 2.81. The number of benzene rings is 1. The van der Waals surface area contributed by atoms with Crippen LogP contribution in [0.5, 0.6) is 0 Å². The van der Waals surface area contributed by atoms with Crippen LogP contribution in [0.4, 0.5) is 10.1 Å². The molecule has 0 atom stereocenters. The highest BCUT2D eigenvalue weighted by molar-refractivity contribution is 5.92. The Labute approximate surface area is 121 Å². The quantitative estimate of drug-likeness (QED) is 0.865. The first-order valence-corrected chi connectivity index (χ1v) is 6.88. The second-order valence-corrected chi connectivity index (χ2v) is 7.03. The summed E-state index contributed by atoms with van der Waals surface area (Å²) in [6.45, 7) is 10.9. The molecule has 3 nitrogen and oxygen atoms in total. The Balaban J connectivity index is 2.47. The molecule has 0 saturated heterocycles. The van der Waals surface area contributed by atoms with Crippen LogP contribution in [0.2, 0.25) is 0 Å². The highest BCUT2D eigenvalue weighted by atomic mass is 19.1. The van der Waals surface area contributed by atoms with E-state index >= 15 is 0 Å². The van der Waals surface area contributed by atoms with Gasteiger partial charge in [0.1, 0.15) is 5.82 Å². The maximum absolute atomic E-state index is 13.0. The zero-order chi connectivity index (χ0) is 15.4. The van der Waals surface area contributed by atoms with Crippen molar-refractivity contribution in [3.63, 3.8) is 0 Å². The van der Waals surface area contributed by atoms with E-state index in [4.69, 9.17) is 0 Å². The first kappa shape index (κ1) is 16.6. The summed E-state index contributed by atoms with van der Waals surface area (Å²) in [6, 6.07) is 5.89. The van der Waals surface area contributed by atoms with Crippen molar-refractivity contribution in [3.05, 3.63) is 30.1 Å². The van der Waals surface area contributed by atoms with Gasteiger partial charge in [0.25, 0.3) is 0 Å². The van der Waals surface area contributed by atoms with E-state index in [0.717, 1.165) is 6.42 Å². The third kappa shape index (κ3) is 6.66. The van der Waals surface area contributed by atoms with Crippen molar-refractivity contribution in [1.82, 2.24) is 5.32 Å². The largest absolute Gasteiger partial charge is 0.325 e. The summed E-state index contributed by atoms with van der Waals surface area (Å²) in [7, 11) is 0. The molecule has 1 rings (SSSR count). The van der Waals surface area contributed by atoms with Crippen molar-refractivity contribution in [2.75, 3.05) is 11.9 Å². The fraction of sp³-hybridized carbons (Fsp3) is 0.562. The van der Waals surface area contributed by atoms with Gasteiger partial charge in [-0.25, -0.2) is 4.39 Å². The molecule has 0 spiro atoms. The molecule has 1 aromatic carbocycles. The van der Waals surface area contributed by atoms with Gasteiger partial charge in [-0.15, -0.1) is 0 Å². The molecule has 4 heteroatoms. The molecule has 0 aliphatic heterocycles. The highest BCUT2D eigenvalue weighted by Crippen LogP contribution is 2.26. The highest BCUT2D eigenvalue weighted by Gasteiger charge is 2.25. The van der Waals surface area contributed by atoms with Crippen LogP contribution in [-0.2, 0) is 4.79 Å². The lowest BCUT2D eigenvalue weighted by Crippen LogP contribution is -2.45. The van der Waals surface area contributed by atoms with Crippen LogP contribution in [0.3, 0.4) is 0 Å². The second-order valence-electron chi connectivity index (χ2n) is 7.03. The van der Waals surface area contributed by atoms with E-state index in [2.05, 4.69) is 45.3 Å². The lowest BCUT2D eigenvalue weighted by atomic mass is 9.82. The number of carbonyl (C=O) groups excluding carboxylic acids is 1. The van der Waals surface area contributed by atoms with E-state index in [9.17, 15) is 9.18 Å². The van der Waals surface area contributed by atoms with Gasteiger partial charge in [0.05, 0.1) is 6.54 Å². The molecule has 2 N–H and O–H groups in total. The van der Waals surface area contributed by atoms with E-state index in [1.807, 2.05) is 0 Å². The predicted octanol–water partition coefficient (Wildman–Crippen LogP) is 3.57. The van der Waals surface area contributed by atoms with Crippen LogP contribution < -0.4 is 10.6 Å². The van der Waals surface area contributed by atoms with Gasteiger partial charge in [-0.05, 0) is 43.9 Å². The first-order valence-electron chi connectivity index (χ1n) is 6.88. The molecule has 0 saturated carbocycles. The number of halogens is 1. The maximum atomic E-state index is 13.0. The molecule has 1 aromatic rings. The molecular weight excluding hydrogens is 255 g/mol. The van der Waals surface area contributed by atoms with Gasteiger partial charge in [-0.2, -0.15) is 0 Å². The fourth-order valence-corrected chi connectivity index (χ4v) is 2.48. The van der Waals surface area contributed by atoms with Gasteiger partial charge >= 0.3 is 0 Å². The average Bonchev–Trinajstić information content (AvgIpc) is 2.23. The number of amides is 1. The zero-order valence-corrected chi connectivity index (χ0v) is 13.0. The zero-order valence-electron chi connectivity index (χ0n) is 13.0. The van der Waals surface area contributed by atoms with Crippen LogP contribution in [0.25, 0.3) is 0 Å². The Hall–Kier alpha value is -1.42. The standard InChI is InChI=1S/C16H25FN2O/c1-15(2,3)11-16(4,5)18-10-14(20)19-13-8-6-7-12(17)9-13/h6-9,18H,10-11H2,1-5H3,(H,19,20). The van der Waals surface area contributed by atoms with Crippen molar-refractivity contribution in [3.8, 4) is 0 Å². The molecule has 0 aliphatic rings. The lowest BCUT2D eigenvalue weighted by molar-refractivity contribution is -0.115. The summed E-state index contributed by atoms with van der Waals surface area (Å²) in [4.78, 5) is 11.8. The van der Waals surface area contributed by atoms with Gasteiger partial charge in [0, 0.05) is 11.2 Å². The van der Waals surface area contributed by atoms with Crippen molar-refractivity contribution >= 4 is 11.6 Å². The molecule has 1 amide bonds. The number of rotatable bonds is 5. The smallest absolute Gasteiger partial charge is 0.238 e. The molecule has 0 bridgehead atoms. The lowest BCUT2D eigenvalue weighted by Gasteiger charge is -2.33. The van der Waals surface area contributed by atoms with Gasteiger partial charge in [-0.3, -0.25) is 4.79 Å². The topological polar surface area (TPSA) is 41.1 Å². The molecule has 0 aliphatic carbocycles. The molecule has 0 heterocycles. The molecule has 0 radical (unpaired) electrons. The van der Waals surface area contributed by atoms with Gasteiger partial charge in [-0.1, -0.05) is 26.8 Å². The van der Waals surface area contributed by atoms with Crippen molar-refractivity contribution < 1.29 is 9.18 Å². The minimum atomic E-state index is -0.358. The van der Waals surface area contributed by atoms with Crippen LogP contribution in [0.15, 0.2) is 24.3 Å². The van der Waals surface area contributed by atoms with E-state index in [-0.39, 0.29) is 29.2 Å². The minimum absolute atomic E-state index is 0.127. The minimum Gasteiger partial charge on any atom is -0.325 e. The predicted molar refractivity (Wildman–Crippen MR) is 81.2 cm³/mol. The molecule has 0 fully saturated rings. The summed E-state index contributed by atoms with van der Waals surface area (Å²) in [6.07, 6.45) is 0.952. The number of nitrogens with one attached hydrogen (secondary N) is 2. The van der Waals surface area contributed by atoms with E-state index in [1.54, 1.807) is 12.1 Å². The molecule has 112 valence electrons. The van der Waals surface area contributed by atoms with Crippen LogP contribution >= 0.6 is 0 Å².